The zero-order valence-electron chi connectivity index (χ0n) is 24.1. The van der Waals surface area contributed by atoms with Crippen molar-refractivity contribution in [3.05, 3.63) is 64.5 Å². The second-order valence-electron chi connectivity index (χ2n) is 8.04. The van der Waals surface area contributed by atoms with Crippen LogP contribution in [0.4, 0.5) is 4.39 Å². The summed E-state index contributed by atoms with van der Waals surface area (Å²) in [4.78, 5) is 39.4. The van der Waals surface area contributed by atoms with E-state index in [-0.39, 0.29) is 35.3 Å². The van der Waals surface area contributed by atoms with Gasteiger partial charge in [-0.05, 0) is 30.2 Å². The van der Waals surface area contributed by atoms with Gasteiger partial charge in [0.2, 0.25) is 11.8 Å². The largest absolute Gasteiger partial charge is 0.488 e. The SMILES string of the molecule is [2H]C([2H])(Oc1cccc2c1C([2H])([2H])N([C@@H]1CCC(=O)NC1=O)C2=O)c1ccc(C([2H])([2H])N2CCOCC2)cc1F. The quantitative estimate of drug-likeness (QED) is 0.646. The molecule has 3 amide bonds. The molecule has 34 heavy (non-hydrogen) atoms. The van der Waals surface area contributed by atoms with Crippen molar-refractivity contribution in [2.45, 2.75) is 38.4 Å². The number of rotatable bonds is 6. The second kappa shape index (κ2) is 9.52. The second-order valence-corrected chi connectivity index (χ2v) is 8.04. The number of benzene rings is 2. The van der Waals surface area contributed by atoms with Gasteiger partial charge in [-0.25, -0.2) is 4.39 Å². The van der Waals surface area contributed by atoms with E-state index < -0.39 is 54.7 Å². The van der Waals surface area contributed by atoms with Crippen molar-refractivity contribution < 1.29 is 36.5 Å². The van der Waals surface area contributed by atoms with Crippen LogP contribution in [-0.4, -0.2) is 59.9 Å². The number of amides is 3. The van der Waals surface area contributed by atoms with E-state index in [1.165, 1.54) is 29.2 Å². The maximum atomic E-state index is 15.3. The first-order chi connectivity index (χ1) is 18.7. The molecule has 0 bridgehead atoms. The summed E-state index contributed by atoms with van der Waals surface area (Å²) < 4.78 is 77.3. The minimum atomic E-state index is -2.86. The van der Waals surface area contributed by atoms with Gasteiger partial charge in [-0.15, -0.1) is 0 Å². The molecule has 3 aliphatic heterocycles. The van der Waals surface area contributed by atoms with E-state index in [4.69, 9.17) is 17.7 Å². The first-order valence-electron chi connectivity index (χ1n) is 13.9. The summed E-state index contributed by atoms with van der Waals surface area (Å²) in [5.41, 5.74) is -1.06. The van der Waals surface area contributed by atoms with E-state index in [1.807, 2.05) is 0 Å². The third-order valence-corrected chi connectivity index (χ3v) is 5.77. The average Bonchev–Trinajstić information content (AvgIpc) is 3.10. The molecule has 2 fully saturated rings. The first kappa shape index (κ1) is 16.3. The van der Waals surface area contributed by atoms with Crippen LogP contribution >= 0.6 is 0 Å². The average molecular weight is 474 g/mol. The molecule has 2 aromatic rings. The Morgan fingerprint density at radius 1 is 1.21 bits per heavy atom. The number of nitrogens with zero attached hydrogens (tertiary/aromatic N) is 2. The van der Waals surface area contributed by atoms with Gasteiger partial charge in [-0.1, -0.05) is 18.2 Å². The number of halogens is 1. The number of hydrogen-bond donors (Lipinski definition) is 1. The Morgan fingerprint density at radius 3 is 2.79 bits per heavy atom. The topological polar surface area (TPSA) is 88.2 Å². The lowest BCUT2D eigenvalue weighted by molar-refractivity contribution is -0.136. The normalized spacial score (nSPS) is 25.9. The van der Waals surface area contributed by atoms with Crippen molar-refractivity contribution in [3.8, 4) is 5.75 Å². The predicted octanol–water partition coefficient (Wildman–Crippen LogP) is 2.00. The zero-order chi connectivity index (χ0) is 29.0. The third-order valence-electron chi connectivity index (χ3n) is 5.77. The summed E-state index contributed by atoms with van der Waals surface area (Å²) >= 11 is 0. The summed E-state index contributed by atoms with van der Waals surface area (Å²) in [6.07, 6.45) is -0.173. The summed E-state index contributed by atoms with van der Waals surface area (Å²) in [5.74, 6) is -3.63. The fourth-order valence-corrected chi connectivity index (χ4v) is 3.99. The molecule has 2 saturated heterocycles. The molecular formula is C25H26FN3O5. The van der Waals surface area contributed by atoms with Crippen LogP contribution in [-0.2, 0) is 33.9 Å². The van der Waals surface area contributed by atoms with Crippen LogP contribution < -0.4 is 10.1 Å². The van der Waals surface area contributed by atoms with Crippen molar-refractivity contribution in [3.63, 3.8) is 0 Å². The molecule has 3 heterocycles. The molecule has 0 aliphatic carbocycles. The summed E-state index contributed by atoms with van der Waals surface area (Å²) in [6, 6.07) is 5.85. The molecule has 1 N–H and O–H groups in total. The highest BCUT2D eigenvalue weighted by molar-refractivity contribution is 6.05. The lowest BCUT2D eigenvalue weighted by atomic mass is 10.0. The van der Waals surface area contributed by atoms with Gasteiger partial charge in [-0.2, -0.15) is 0 Å². The van der Waals surface area contributed by atoms with Gasteiger partial charge in [0.15, 0.2) is 0 Å². The fourth-order valence-electron chi connectivity index (χ4n) is 3.99. The van der Waals surface area contributed by atoms with E-state index in [2.05, 4.69) is 5.32 Å². The van der Waals surface area contributed by atoms with E-state index in [0.29, 0.717) is 31.2 Å². The third kappa shape index (κ3) is 4.53. The molecular weight excluding hydrogens is 441 g/mol. The minimum absolute atomic E-state index is 0.0196. The summed E-state index contributed by atoms with van der Waals surface area (Å²) in [7, 11) is 0. The number of hydrogen-bond acceptors (Lipinski definition) is 6. The molecule has 3 aliphatic rings. The number of nitrogens with one attached hydrogen (secondary N) is 1. The van der Waals surface area contributed by atoms with Gasteiger partial charge in [0.25, 0.3) is 5.91 Å². The molecule has 0 unspecified atom stereocenters. The Hall–Kier alpha value is -3.30. The van der Waals surface area contributed by atoms with Crippen molar-refractivity contribution in [2.24, 2.45) is 0 Å². The number of imide groups is 1. The highest BCUT2D eigenvalue weighted by atomic mass is 19.1. The number of carbonyl (C=O) groups excluding carboxylic acids is 3. The highest BCUT2D eigenvalue weighted by Crippen LogP contribution is 2.34. The number of fused-ring (bicyclic) bond motifs is 1. The molecule has 0 aromatic heterocycles. The van der Waals surface area contributed by atoms with E-state index in [9.17, 15) is 14.4 Å². The van der Waals surface area contributed by atoms with Crippen LogP contribution in [0.5, 0.6) is 5.75 Å². The van der Waals surface area contributed by atoms with Gasteiger partial charge in [0, 0.05) is 45.4 Å². The minimum Gasteiger partial charge on any atom is -0.488 e. The van der Waals surface area contributed by atoms with Crippen molar-refractivity contribution in [1.82, 2.24) is 15.1 Å². The lowest BCUT2D eigenvalue weighted by Gasteiger charge is -2.29. The van der Waals surface area contributed by atoms with E-state index in [1.54, 1.807) is 0 Å². The number of morpholine rings is 1. The molecule has 8 nitrogen and oxygen atoms in total. The van der Waals surface area contributed by atoms with Crippen LogP contribution in [0.1, 0.15) is 48.1 Å². The zero-order valence-corrected chi connectivity index (χ0v) is 18.1. The van der Waals surface area contributed by atoms with Crippen LogP contribution in [0.15, 0.2) is 36.4 Å². The Labute approximate surface area is 205 Å². The van der Waals surface area contributed by atoms with E-state index in [0.717, 1.165) is 12.1 Å². The van der Waals surface area contributed by atoms with Crippen LogP contribution in [0, 0.1) is 5.82 Å². The smallest absolute Gasteiger partial charge is 0.255 e. The predicted molar refractivity (Wildman–Crippen MR) is 119 cm³/mol. The molecule has 2 aromatic carbocycles. The van der Waals surface area contributed by atoms with Gasteiger partial charge < -0.3 is 14.4 Å². The Balaban J connectivity index is 1.44. The monoisotopic (exact) mass is 473 g/mol. The van der Waals surface area contributed by atoms with Gasteiger partial charge in [0.05, 0.1) is 25.2 Å². The molecule has 5 rings (SSSR count). The van der Waals surface area contributed by atoms with Crippen LogP contribution in [0.25, 0.3) is 0 Å². The van der Waals surface area contributed by atoms with Crippen LogP contribution in [0.2, 0.25) is 0 Å². The molecule has 9 heteroatoms. The highest BCUT2D eigenvalue weighted by Gasteiger charge is 2.40. The maximum absolute atomic E-state index is 15.3. The lowest BCUT2D eigenvalue weighted by Crippen LogP contribution is -2.52. The molecule has 1 atom stereocenters. The first-order valence-corrected chi connectivity index (χ1v) is 10.9. The Bertz CT molecular complexity index is 1380. The number of ether oxygens (including phenoxy) is 2. The Kier molecular flexibility index (Phi) is 4.58. The van der Waals surface area contributed by atoms with Crippen molar-refractivity contribution in [2.75, 3.05) is 26.3 Å². The van der Waals surface area contributed by atoms with Crippen LogP contribution in [0.3, 0.4) is 0 Å². The summed E-state index contributed by atoms with van der Waals surface area (Å²) in [5, 5.41) is 2.10. The molecule has 178 valence electrons. The van der Waals surface area contributed by atoms with Gasteiger partial charge in [0.1, 0.15) is 24.2 Å². The van der Waals surface area contributed by atoms with Crippen molar-refractivity contribution >= 4 is 17.7 Å². The van der Waals surface area contributed by atoms with Gasteiger partial charge >= 0.3 is 0 Å². The maximum Gasteiger partial charge on any atom is 0.255 e. The van der Waals surface area contributed by atoms with Crippen molar-refractivity contribution in [1.29, 1.82) is 0 Å². The summed E-state index contributed by atoms with van der Waals surface area (Å²) in [6.45, 7) is -6.24. The van der Waals surface area contributed by atoms with Gasteiger partial charge in [-0.3, -0.25) is 24.6 Å². The molecule has 0 saturated carbocycles. The van der Waals surface area contributed by atoms with E-state index >= 15 is 4.39 Å². The standard InChI is InChI=1S/C25H26FN3O5/c26-20-12-16(13-28-8-10-33-11-9-28)4-5-17(20)15-34-22-3-1-2-18-19(22)14-29(25(18)32)21-6-7-23(30)27-24(21)31/h1-5,12,21H,6-11,13-15H2,(H,27,30,31)/t21-/m1/s1/i13D2,14D2,15D2. The number of carbonyl (C=O) groups is 3. The number of piperidine rings is 1. The molecule has 0 radical (unpaired) electrons. The fraction of sp³-hybridized carbons (Fsp3) is 0.400. The Morgan fingerprint density at radius 2 is 2.03 bits per heavy atom. The molecule has 0 spiro atoms.